The van der Waals surface area contributed by atoms with Crippen molar-refractivity contribution >= 4 is 40.2 Å². The van der Waals surface area contributed by atoms with Gasteiger partial charge in [-0.1, -0.05) is 42.7 Å². The molecule has 6 aromatic rings. The topological polar surface area (TPSA) is 161 Å². The van der Waals surface area contributed by atoms with Crippen LogP contribution in [0.5, 0.6) is 17.5 Å². The standard InChI is InChI=1S/C47H53ClN10O4S/c1-27(2)36-24-37(40(60)26-39(36)59)44-51-53-47(62)58(44)35-12-10-34(11-13-35)55-22-20-54(21-23-55)17-14-31-15-18-56(19-16-31)41(61)25-38-45-52-50-30(5)57(45)46-42(28(3)29(4)63-46)43(49-38)32-6-8-33(48)9-7-32/h6-13,24,26-27,31,38,59-60H,14-23,25H2,1-5H3,(H,53,62)/t38-/m0/s1. The van der Waals surface area contributed by atoms with Gasteiger partial charge < -0.3 is 25.1 Å². The molecular weight excluding hydrogens is 836 g/mol. The zero-order valence-electron chi connectivity index (χ0n) is 36.3. The summed E-state index contributed by atoms with van der Waals surface area (Å²) in [5.74, 6) is 2.31. The Kier molecular flexibility index (Phi) is 11.8. The van der Waals surface area contributed by atoms with E-state index in [0.29, 0.717) is 33.6 Å². The molecule has 0 unspecified atom stereocenters. The van der Waals surface area contributed by atoms with Crippen molar-refractivity contribution in [3.63, 3.8) is 0 Å². The SMILES string of the molecule is Cc1sc2c(c1C)C(c1ccc(Cl)cc1)=N[C@@H](CC(=O)N1CCC(CCN3CCN(c4ccc(-n5c(O)nnc5-c5cc(C(C)C)c(O)cc5O)cc4)CC3)CC1)c1nnc(C)n1-2. The third-order valence-corrected chi connectivity index (χ3v) is 14.5. The third-order valence-electron chi connectivity index (χ3n) is 13.0. The van der Waals surface area contributed by atoms with Crippen LogP contribution in [0.1, 0.15) is 90.3 Å². The van der Waals surface area contributed by atoms with Crippen LogP contribution in [0.25, 0.3) is 22.1 Å². The molecule has 0 saturated carbocycles. The minimum absolute atomic E-state index is 0.00815. The normalized spacial score (nSPS) is 17.2. The number of piperazine rings is 1. The molecule has 0 radical (unpaired) electrons. The first-order valence-corrected chi connectivity index (χ1v) is 23.0. The van der Waals surface area contributed by atoms with Gasteiger partial charge in [0.25, 0.3) is 0 Å². The van der Waals surface area contributed by atoms with Crippen molar-refractivity contribution in [1.82, 2.24) is 39.3 Å². The van der Waals surface area contributed by atoms with E-state index < -0.39 is 6.04 Å². The number of hydrogen-bond donors (Lipinski definition) is 3. The second-order valence-electron chi connectivity index (χ2n) is 17.3. The summed E-state index contributed by atoms with van der Waals surface area (Å²) in [6.45, 7) is 16.4. The molecule has 0 aliphatic carbocycles. The van der Waals surface area contributed by atoms with E-state index in [2.05, 4.69) is 48.6 Å². The number of rotatable bonds is 10. The maximum absolute atomic E-state index is 14.0. The number of hydrogen-bond acceptors (Lipinski definition) is 12. The van der Waals surface area contributed by atoms with Crippen molar-refractivity contribution < 1.29 is 20.1 Å². The molecule has 3 N–H and O–H groups in total. The summed E-state index contributed by atoms with van der Waals surface area (Å²) in [7, 11) is 0. The second kappa shape index (κ2) is 17.4. The predicted octanol–water partition coefficient (Wildman–Crippen LogP) is 8.13. The largest absolute Gasteiger partial charge is 0.508 e. The van der Waals surface area contributed by atoms with E-state index in [1.807, 2.05) is 74.2 Å². The Morgan fingerprint density at radius 1 is 0.825 bits per heavy atom. The number of phenolic OH excluding ortho intramolecular Hbond substituents is 2. The van der Waals surface area contributed by atoms with E-state index in [-0.39, 0.29) is 41.6 Å². The zero-order chi connectivity index (χ0) is 44.1. The maximum atomic E-state index is 14.0. The van der Waals surface area contributed by atoms with Crippen molar-refractivity contribution in [2.45, 2.75) is 72.3 Å². The first-order chi connectivity index (χ1) is 30.3. The van der Waals surface area contributed by atoms with Crippen LogP contribution in [-0.4, -0.2) is 112 Å². The van der Waals surface area contributed by atoms with Crippen LogP contribution in [0, 0.1) is 26.7 Å². The summed E-state index contributed by atoms with van der Waals surface area (Å²) in [6, 6.07) is 17.9. The fourth-order valence-corrected chi connectivity index (χ4v) is 10.6. The number of nitrogens with zero attached hydrogens (tertiary/aromatic N) is 10. The number of anilines is 1. The van der Waals surface area contributed by atoms with Crippen LogP contribution in [0.4, 0.5) is 5.69 Å². The van der Waals surface area contributed by atoms with Crippen molar-refractivity contribution in [2.24, 2.45) is 10.9 Å². The smallest absolute Gasteiger partial charge is 0.319 e. The Labute approximate surface area is 376 Å². The first-order valence-electron chi connectivity index (χ1n) is 21.8. The highest BCUT2D eigenvalue weighted by Gasteiger charge is 2.34. The average Bonchev–Trinajstić information content (AvgIpc) is 3.92. The first kappa shape index (κ1) is 42.5. The Hall–Kier alpha value is -5.77. The van der Waals surface area contributed by atoms with Gasteiger partial charge in [0.05, 0.1) is 23.4 Å². The summed E-state index contributed by atoms with van der Waals surface area (Å²) in [6.07, 6.45) is 3.31. The number of halogens is 1. The number of aromatic nitrogens is 6. The number of phenols is 2. The molecule has 1 amide bonds. The summed E-state index contributed by atoms with van der Waals surface area (Å²) < 4.78 is 3.60. The van der Waals surface area contributed by atoms with Crippen molar-refractivity contribution in [1.29, 1.82) is 0 Å². The highest BCUT2D eigenvalue weighted by molar-refractivity contribution is 7.15. The van der Waals surface area contributed by atoms with Gasteiger partial charge in [-0.05, 0) is 112 Å². The molecule has 6 heterocycles. The Bertz CT molecular complexity index is 2670. The van der Waals surface area contributed by atoms with Crippen LogP contribution >= 0.6 is 22.9 Å². The quantitative estimate of drug-likeness (QED) is 0.123. The molecule has 3 aromatic carbocycles. The van der Waals surface area contributed by atoms with Gasteiger partial charge in [-0.25, -0.2) is 4.57 Å². The van der Waals surface area contributed by atoms with Gasteiger partial charge in [-0.15, -0.1) is 26.6 Å². The van der Waals surface area contributed by atoms with Crippen molar-refractivity contribution in [3.05, 3.63) is 104 Å². The van der Waals surface area contributed by atoms with E-state index in [4.69, 9.17) is 16.6 Å². The van der Waals surface area contributed by atoms with Gasteiger partial charge in [0.1, 0.15) is 28.4 Å². The number of carbonyl (C=O) groups is 1. The Morgan fingerprint density at radius 3 is 2.22 bits per heavy atom. The third kappa shape index (κ3) is 8.29. The van der Waals surface area contributed by atoms with Gasteiger partial charge in [0.15, 0.2) is 11.6 Å². The van der Waals surface area contributed by atoms with Crippen LogP contribution < -0.4 is 4.90 Å². The number of amides is 1. The number of likely N-dealkylation sites (tertiary alicyclic amines) is 1. The van der Waals surface area contributed by atoms with Crippen LogP contribution in [0.2, 0.25) is 5.02 Å². The lowest BCUT2D eigenvalue weighted by atomic mass is 9.93. The molecule has 14 nitrogen and oxygen atoms in total. The van der Waals surface area contributed by atoms with Crippen molar-refractivity contribution in [3.8, 4) is 39.6 Å². The number of piperidine rings is 1. The minimum atomic E-state index is -0.474. The number of carbonyl (C=O) groups excluding carboxylic acids is 1. The summed E-state index contributed by atoms with van der Waals surface area (Å²) >= 11 is 8.00. The highest BCUT2D eigenvalue weighted by atomic mass is 35.5. The molecule has 0 bridgehead atoms. The van der Waals surface area contributed by atoms with E-state index in [1.54, 1.807) is 17.4 Å². The van der Waals surface area contributed by atoms with Gasteiger partial charge >= 0.3 is 6.01 Å². The Balaban J connectivity index is 0.786. The van der Waals surface area contributed by atoms with E-state index in [1.165, 1.54) is 21.1 Å². The summed E-state index contributed by atoms with van der Waals surface area (Å²) in [5.41, 5.74) is 6.83. The molecule has 2 saturated heterocycles. The van der Waals surface area contributed by atoms with E-state index >= 15 is 0 Å². The van der Waals surface area contributed by atoms with Gasteiger partial charge in [0, 0.05) is 72.0 Å². The molecule has 328 valence electrons. The van der Waals surface area contributed by atoms with Gasteiger partial charge in [0.2, 0.25) is 5.91 Å². The number of thiophene rings is 1. The monoisotopic (exact) mass is 888 g/mol. The van der Waals surface area contributed by atoms with Gasteiger partial charge in [-0.2, -0.15) is 0 Å². The van der Waals surface area contributed by atoms with Crippen molar-refractivity contribution in [2.75, 3.05) is 50.7 Å². The molecule has 1 atom stereocenters. The molecule has 3 aliphatic heterocycles. The molecule has 3 aliphatic rings. The second-order valence-corrected chi connectivity index (χ2v) is 18.9. The highest BCUT2D eigenvalue weighted by Crippen LogP contribution is 2.41. The fourth-order valence-electron chi connectivity index (χ4n) is 9.23. The average molecular weight is 890 g/mol. The molecule has 0 spiro atoms. The number of aromatic hydroxyl groups is 3. The van der Waals surface area contributed by atoms with Crippen LogP contribution in [0.15, 0.2) is 65.7 Å². The van der Waals surface area contributed by atoms with Gasteiger partial charge in [-0.3, -0.25) is 19.3 Å². The molecular formula is C47H53ClN10O4S. The molecule has 9 rings (SSSR count). The number of benzene rings is 3. The Morgan fingerprint density at radius 2 is 1.52 bits per heavy atom. The minimum Gasteiger partial charge on any atom is -0.508 e. The fraction of sp³-hybridized carbons (Fsp3) is 0.404. The lowest BCUT2D eigenvalue weighted by Gasteiger charge is -2.38. The molecule has 2 fully saturated rings. The summed E-state index contributed by atoms with van der Waals surface area (Å²) in [5, 5.41) is 50.6. The van der Waals surface area contributed by atoms with Crippen LogP contribution in [-0.2, 0) is 4.79 Å². The predicted molar refractivity (Wildman–Crippen MR) is 246 cm³/mol. The molecule has 3 aromatic heterocycles. The maximum Gasteiger partial charge on any atom is 0.319 e. The van der Waals surface area contributed by atoms with Crippen LogP contribution in [0.3, 0.4) is 0 Å². The van der Waals surface area contributed by atoms with E-state index in [0.717, 1.165) is 98.4 Å². The summed E-state index contributed by atoms with van der Waals surface area (Å²) in [4.78, 5) is 27.5. The van der Waals surface area contributed by atoms with E-state index in [9.17, 15) is 20.1 Å². The molecule has 63 heavy (non-hydrogen) atoms. The molecule has 16 heteroatoms. The number of aliphatic imine (C=N–C) groups is 1. The number of aryl methyl sites for hydroxylation is 2. The lowest BCUT2D eigenvalue weighted by Crippen LogP contribution is -2.47. The number of fused-ring (bicyclic) bond motifs is 3. The zero-order valence-corrected chi connectivity index (χ0v) is 37.9. The lowest BCUT2D eigenvalue weighted by molar-refractivity contribution is -0.133.